The number of rotatable bonds is 9. The quantitative estimate of drug-likeness (QED) is 0.610. The van der Waals surface area contributed by atoms with Crippen molar-refractivity contribution in [3.8, 4) is 0 Å². The second-order valence-electron chi connectivity index (χ2n) is 6.85. The van der Waals surface area contributed by atoms with Gasteiger partial charge in [-0.2, -0.15) is 0 Å². The normalized spacial score (nSPS) is 17.5. The second kappa shape index (κ2) is 8.16. The van der Waals surface area contributed by atoms with E-state index in [0.29, 0.717) is 0 Å². The highest BCUT2D eigenvalue weighted by atomic mass is 16.3. The Balaban J connectivity index is 4.70. The lowest BCUT2D eigenvalue weighted by atomic mass is 9.66. The lowest BCUT2D eigenvalue weighted by Gasteiger charge is -2.43. The Morgan fingerprint density at radius 3 is 1.89 bits per heavy atom. The molecule has 0 bridgehead atoms. The van der Waals surface area contributed by atoms with Crippen LogP contribution >= 0.6 is 0 Å². The van der Waals surface area contributed by atoms with Crippen molar-refractivity contribution in [1.29, 1.82) is 0 Å². The van der Waals surface area contributed by atoms with E-state index in [-0.39, 0.29) is 17.4 Å². The van der Waals surface area contributed by atoms with Crippen LogP contribution in [0, 0.1) is 10.8 Å². The van der Waals surface area contributed by atoms with Crippen molar-refractivity contribution in [2.45, 2.75) is 85.7 Å². The van der Waals surface area contributed by atoms with Crippen LogP contribution < -0.4 is 0 Å². The molecule has 0 spiro atoms. The Morgan fingerprint density at radius 1 is 0.889 bits per heavy atom. The van der Waals surface area contributed by atoms with Crippen LogP contribution in [0.2, 0.25) is 0 Å². The van der Waals surface area contributed by atoms with Crippen molar-refractivity contribution >= 4 is 0 Å². The Kier molecular flexibility index (Phi) is 8.13. The van der Waals surface area contributed by atoms with Gasteiger partial charge in [0.2, 0.25) is 0 Å². The average molecular weight is 258 g/mol. The highest BCUT2D eigenvalue weighted by Crippen LogP contribution is 2.41. The average Bonchev–Trinajstić information content (AvgIpc) is 2.31. The summed E-state index contributed by atoms with van der Waals surface area (Å²) < 4.78 is 0. The highest BCUT2D eigenvalue weighted by molar-refractivity contribution is 4.92. The molecule has 0 heterocycles. The fourth-order valence-electron chi connectivity index (χ4n) is 2.96. The Bertz CT molecular complexity index is 208. The molecule has 0 amide bonds. The predicted molar refractivity (Wildman–Crippen MR) is 78.6 cm³/mol. The van der Waals surface area contributed by atoms with Crippen LogP contribution in [0.4, 0.5) is 0 Å². The standard InChI is InChI=1S/C16H34O2/c1-6-8-9-10-12-16(13-17,11-7-2)14(18)15(3,4)5/h14,17-18H,6-13H2,1-5H3. The van der Waals surface area contributed by atoms with Crippen LogP contribution in [0.15, 0.2) is 0 Å². The molecule has 0 aliphatic heterocycles. The summed E-state index contributed by atoms with van der Waals surface area (Å²) in [6, 6.07) is 0. The zero-order valence-electron chi connectivity index (χ0n) is 13.1. The molecule has 2 N–H and O–H groups in total. The number of aliphatic hydroxyl groups is 2. The first-order valence-electron chi connectivity index (χ1n) is 7.63. The van der Waals surface area contributed by atoms with Gasteiger partial charge in [0.25, 0.3) is 0 Å². The molecule has 2 unspecified atom stereocenters. The van der Waals surface area contributed by atoms with Gasteiger partial charge in [-0.05, 0) is 18.3 Å². The van der Waals surface area contributed by atoms with Crippen LogP contribution in [-0.4, -0.2) is 22.9 Å². The SMILES string of the molecule is CCCCCCC(CO)(CCC)C(O)C(C)(C)C. The van der Waals surface area contributed by atoms with Crippen molar-refractivity contribution < 1.29 is 10.2 Å². The van der Waals surface area contributed by atoms with Crippen molar-refractivity contribution in [2.24, 2.45) is 10.8 Å². The number of hydrogen-bond acceptors (Lipinski definition) is 2. The van der Waals surface area contributed by atoms with Crippen LogP contribution in [0.3, 0.4) is 0 Å². The molecule has 0 aliphatic rings. The maximum absolute atomic E-state index is 10.6. The molecule has 0 aromatic heterocycles. The van der Waals surface area contributed by atoms with Gasteiger partial charge >= 0.3 is 0 Å². The van der Waals surface area contributed by atoms with E-state index in [9.17, 15) is 10.2 Å². The van der Waals surface area contributed by atoms with E-state index in [1.807, 2.05) is 0 Å². The minimum atomic E-state index is -0.434. The van der Waals surface area contributed by atoms with E-state index in [0.717, 1.165) is 25.7 Å². The van der Waals surface area contributed by atoms with Gasteiger partial charge in [0.15, 0.2) is 0 Å². The number of unbranched alkanes of at least 4 members (excludes halogenated alkanes) is 3. The van der Waals surface area contributed by atoms with Gasteiger partial charge in [-0.25, -0.2) is 0 Å². The number of aliphatic hydroxyl groups excluding tert-OH is 2. The molecule has 0 radical (unpaired) electrons. The fraction of sp³-hybridized carbons (Fsp3) is 1.00. The fourth-order valence-corrected chi connectivity index (χ4v) is 2.96. The summed E-state index contributed by atoms with van der Waals surface area (Å²) in [6.45, 7) is 10.6. The summed E-state index contributed by atoms with van der Waals surface area (Å²) in [5.74, 6) is 0. The van der Waals surface area contributed by atoms with Crippen molar-refractivity contribution in [3.63, 3.8) is 0 Å². The first-order chi connectivity index (χ1) is 8.34. The molecule has 0 aliphatic carbocycles. The topological polar surface area (TPSA) is 40.5 Å². The van der Waals surface area contributed by atoms with Gasteiger partial charge in [-0.15, -0.1) is 0 Å². The summed E-state index contributed by atoms with van der Waals surface area (Å²) in [7, 11) is 0. The molecule has 0 aromatic rings. The predicted octanol–water partition coefficient (Wildman–Crippen LogP) is 4.14. The summed E-state index contributed by atoms with van der Waals surface area (Å²) in [5, 5.41) is 20.5. The molecule has 0 saturated heterocycles. The lowest BCUT2D eigenvalue weighted by molar-refractivity contribution is -0.0875. The van der Waals surface area contributed by atoms with Crippen molar-refractivity contribution in [1.82, 2.24) is 0 Å². The Labute approximate surface area is 114 Å². The minimum Gasteiger partial charge on any atom is -0.396 e. The van der Waals surface area contributed by atoms with Gasteiger partial charge in [0, 0.05) is 5.41 Å². The van der Waals surface area contributed by atoms with E-state index in [1.165, 1.54) is 19.3 Å². The van der Waals surface area contributed by atoms with Gasteiger partial charge in [-0.1, -0.05) is 66.7 Å². The largest absolute Gasteiger partial charge is 0.396 e. The van der Waals surface area contributed by atoms with Crippen molar-refractivity contribution in [2.75, 3.05) is 6.61 Å². The lowest BCUT2D eigenvalue weighted by Crippen LogP contribution is -2.46. The summed E-state index contributed by atoms with van der Waals surface area (Å²) in [6.07, 6.45) is 7.23. The molecule has 2 nitrogen and oxygen atoms in total. The third kappa shape index (κ3) is 5.27. The van der Waals surface area contributed by atoms with Gasteiger partial charge < -0.3 is 10.2 Å². The molecule has 0 rings (SSSR count). The van der Waals surface area contributed by atoms with E-state index in [2.05, 4.69) is 34.6 Å². The molecular formula is C16H34O2. The van der Waals surface area contributed by atoms with E-state index >= 15 is 0 Å². The monoisotopic (exact) mass is 258 g/mol. The van der Waals surface area contributed by atoms with Crippen LogP contribution in [0.1, 0.15) is 79.6 Å². The summed E-state index contributed by atoms with van der Waals surface area (Å²) in [5.41, 5.74) is -0.469. The smallest absolute Gasteiger partial charge is 0.0666 e. The summed E-state index contributed by atoms with van der Waals surface area (Å²) in [4.78, 5) is 0. The zero-order valence-corrected chi connectivity index (χ0v) is 13.1. The van der Waals surface area contributed by atoms with Gasteiger partial charge in [0.05, 0.1) is 12.7 Å². The molecular weight excluding hydrogens is 224 g/mol. The first kappa shape index (κ1) is 17.9. The second-order valence-corrected chi connectivity index (χ2v) is 6.85. The zero-order chi connectivity index (χ0) is 14.2. The maximum atomic E-state index is 10.6. The van der Waals surface area contributed by atoms with Crippen molar-refractivity contribution in [3.05, 3.63) is 0 Å². The van der Waals surface area contributed by atoms with Crippen LogP contribution in [-0.2, 0) is 0 Å². The minimum absolute atomic E-state index is 0.103. The van der Waals surface area contributed by atoms with Crippen LogP contribution in [0.5, 0.6) is 0 Å². The van der Waals surface area contributed by atoms with E-state index < -0.39 is 6.10 Å². The third-order valence-electron chi connectivity index (χ3n) is 3.99. The molecule has 18 heavy (non-hydrogen) atoms. The summed E-state index contributed by atoms with van der Waals surface area (Å²) >= 11 is 0. The Hall–Kier alpha value is -0.0800. The van der Waals surface area contributed by atoms with E-state index in [4.69, 9.17) is 0 Å². The first-order valence-corrected chi connectivity index (χ1v) is 7.63. The number of hydrogen-bond donors (Lipinski definition) is 2. The third-order valence-corrected chi connectivity index (χ3v) is 3.99. The molecule has 110 valence electrons. The molecule has 0 fully saturated rings. The van der Waals surface area contributed by atoms with Gasteiger partial charge in [-0.3, -0.25) is 0 Å². The maximum Gasteiger partial charge on any atom is 0.0666 e. The molecule has 0 saturated carbocycles. The van der Waals surface area contributed by atoms with E-state index in [1.54, 1.807) is 0 Å². The van der Waals surface area contributed by atoms with Crippen LogP contribution in [0.25, 0.3) is 0 Å². The molecule has 0 aromatic carbocycles. The highest BCUT2D eigenvalue weighted by Gasteiger charge is 2.42. The molecule has 2 heteroatoms. The molecule has 2 atom stereocenters. The van der Waals surface area contributed by atoms with Gasteiger partial charge in [0.1, 0.15) is 0 Å². The Morgan fingerprint density at radius 2 is 1.50 bits per heavy atom.